The van der Waals surface area contributed by atoms with Crippen molar-refractivity contribution in [1.29, 1.82) is 5.26 Å². The molecule has 0 saturated heterocycles. The van der Waals surface area contributed by atoms with Gasteiger partial charge in [0.2, 0.25) is 0 Å². The summed E-state index contributed by atoms with van der Waals surface area (Å²) in [5.74, 6) is -1.49. The lowest BCUT2D eigenvalue weighted by Crippen LogP contribution is -2.05. The molecule has 16 aromatic rings. The number of hydrogen-bond donors (Lipinski definition) is 0. The van der Waals surface area contributed by atoms with Crippen LogP contribution in [0.5, 0.6) is 0 Å². The van der Waals surface area contributed by atoms with Crippen LogP contribution in [0.4, 0.5) is 8.78 Å². The van der Waals surface area contributed by atoms with E-state index in [9.17, 15) is 5.26 Å². The summed E-state index contributed by atoms with van der Waals surface area (Å²) in [7, 11) is 0. The summed E-state index contributed by atoms with van der Waals surface area (Å²) in [5, 5.41) is 14.9. The third-order valence-corrected chi connectivity index (χ3v) is 16.8. The summed E-state index contributed by atoms with van der Waals surface area (Å²) >= 11 is 0. The van der Waals surface area contributed by atoms with Crippen molar-refractivity contribution in [2.75, 3.05) is 0 Å². The maximum atomic E-state index is 16.3. The summed E-state index contributed by atoms with van der Waals surface area (Å²) in [6.45, 7) is 0. The molecule has 0 aliphatic carbocycles. The molecule has 9 heteroatoms. The Bertz CT molecular complexity index is 4910. The summed E-state index contributed by atoms with van der Waals surface area (Å²) in [5.41, 5.74) is 19.4. The van der Waals surface area contributed by atoms with Crippen LogP contribution in [0, 0.1) is 23.0 Å². The molecular formula is C81H49F2N7. The van der Waals surface area contributed by atoms with Crippen LogP contribution in [-0.2, 0) is 0 Å². The first-order chi connectivity index (χ1) is 44.3. The van der Waals surface area contributed by atoms with Crippen molar-refractivity contribution in [3.05, 3.63) is 314 Å². The molecule has 0 N–H and O–H groups in total. The molecule has 0 atom stereocenters. The smallest absolute Gasteiger partial charge is 0.126 e. The van der Waals surface area contributed by atoms with E-state index < -0.39 is 11.6 Å². The molecule has 0 bridgehead atoms. The molecule has 0 amide bonds. The van der Waals surface area contributed by atoms with Gasteiger partial charge in [0, 0.05) is 77.7 Å². The molecule has 6 aromatic heterocycles. The highest BCUT2D eigenvalue weighted by Crippen LogP contribution is 2.46. The lowest BCUT2D eigenvalue weighted by atomic mass is 9.97. The van der Waals surface area contributed by atoms with Gasteiger partial charge < -0.3 is 9.13 Å². The predicted molar refractivity (Wildman–Crippen MR) is 360 cm³/mol. The number of benzene rings is 10. The van der Waals surface area contributed by atoms with Gasteiger partial charge in [-0.05, 0) is 127 Å². The zero-order valence-electron chi connectivity index (χ0n) is 48.2. The molecule has 422 valence electrons. The number of nitrogens with zero attached hydrogens (tertiary/aromatic N) is 7. The minimum atomic E-state index is -0.745. The Morgan fingerprint density at radius 3 is 0.789 bits per heavy atom. The van der Waals surface area contributed by atoms with Gasteiger partial charge in [0.15, 0.2) is 0 Å². The first-order valence-corrected chi connectivity index (χ1v) is 29.7. The van der Waals surface area contributed by atoms with Crippen LogP contribution in [-0.4, -0.2) is 29.1 Å². The van der Waals surface area contributed by atoms with Crippen LogP contribution in [0.25, 0.3) is 156 Å². The lowest BCUT2D eigenvalue weighted by Gasteiger charge is -2.21. The SMILES string of the molecule is N#Cc1cc(-n2c3ccc(-c4cccc(-c5ccccc5)n4)cc3c3cc(-c4cccc(-c5ccccc5)n4)ccc32)c(-c2cc(F)cc(F)c2)c(-n2c3ccc(-c4cccc(-c5ccccc5)n4)cc3c3cc(-c4cccc(-c5ccccc5)n4)ccc32)c1. The van der Waals surface area contributed by atoms with Crippen molar-refractivity contribution in [2.45, 2.75) is 0 Å². The standard InChI is InChI=1S/C81H49F2N7/c82-61-43-60(44-62(83)49-61)81-79(89-75-37-33-56(71-29-13-25-67(85-71)52-17-5-1-6-18-52)45-63(75)64-46-57(34-38-76(64)89)72-30-14-26-68(86-72)53-19-7-2-8-20-53)41-51(50-84)42-80(81)90-77-39-35-58(73-31-15-27-69(87-73)54-21-9-3-10-22-54)47-65(77)66-48-59(36-40-78(66)90)74-32-16-28-70(88-74)55-23-11-4-12-24-55/h1-49H. The summed E-state index contributed by atoms with van der Waals surface area (Å²) in [6, 6.07) is 99.8. The predicted octanol–water partition coefficient (Wildman–Crippen LogP) is 20.6. The van der Waals surface area contributed by atoms with Crippen LogP contribution >= 0.6 is 0 Å². The molecule has 0 unspecified atom stereocenters. The van der Waals surface area contributed by atoms with E-state index in [0.29, 0.717) is 22.5 Å². The van der Waals surface area contributed by atoms with E-state index in [1.54, 1.807) is 0 Å². The number of halogens is 2. The van der Waals surface area contributed by atoms with Crippen molar-refractivity contribution < 1.29 is 8.78 Å². The highest BCUT2D eigenvalue weighted by Gasteiger charge is 2.26. The van der Waals surface area contributed by atoms with Crippen LogP contribution < -0.4 is 0 Å². The molecule has 0 saturated carbocycles. The highest BCUT2D eigenvalue weighted by molar-refractivity contribution is 6.14. The Kier molecular flexibility index (Phi) is 13.2. The van der Waals surface area contributed by atoms with Crippen LogP contribution in [0.15, 0.2) is 297 Å². The van der Waals surface area contributed by atoms with Gasteiger partial charge in [-0.2, -0.15) is 5.26 Å². The molecule has 16 rings (SSSR count). The van der Waals surface area contributed by atoms with E-state index in [1.807, 2.05) is 158 Å². The van der Waals surface area contributed by atoms with E-state index in [-0.39, 0.29) is 5.56 Å². The summed E-state index contributed by atoms with van der Waals surface area (Å²) in [4.78, 5) is 20.8. The van der Waals surface area contributed by atoms with Gasteiger partial charge in [-0.3, -0.25) is 0 Å². The van der Waals surface area contributed by atoms with Gasteiger partial charge in [0.25, 0.3) is 0 Å². The van der Waals surface area contributed by atoms with Crippen molar-refractivity contribution in [1.82, 2.24) is 29.1 Å². The Balaban J connectivity index is 0.963. The third-order valence-electron chi connectivity index (χ3n) is 16.8. The fourth-order valence-corrected chi connectivity index (χ4v) is 12.7. The second-order valence-electron chi connectivity index (χ2n) is 22.4. The van der Waals surface area contributed by atoms with Gasteiger partial charge in [0.1, 0.15) is 11.6 Å². The normalized spacial score (nSPS) is 11.4. The van der Waals surface area contributed by atoms with Gasteiger partial charge in [-0.25, -0.2) is 28.7 Å². The number of pyridine rings is 4. The topological polar surface area (TPSA) is 85.2 Å². The summed E-state index contributed by atoms with van der Waals surface area (Å²) < 4.78 is 36.8. The average molecular weight is 1160 g/mol. The minimum Gasteiger partial charge on any atom is -0.308 e. The fourth-order valence-electron chi connectivity index (χ4n) is 12.7. The van der Waals surface area contributed by atoms with Gasteiger partial charge >= 0.3 is 0 Å². The van der Waals surface area contributed by atoms with Crippen molar-refractivity contribution in [3.8, 4) is 119 Å². The maximum Gasteiger partial charge on any atom is 0.126 e. The number of rotatable bonds is 11. The van der Waals surface area contributed by atoms with Crippen molar-refractivity contribution >= 4 is 43.6 Å². The van der Waals surface area contributed by atoms with E-state index in [1.165, 1.54) is 12.1 Å². The second-order valence-corrected chi connectivity index (χ2v) is 22.4. The average Bonchev–Trinajstić information content (AvgIpc) is 1.56. The first-order valence-electron chi connectivity index (χ1n) is 29.7. The number of hydrogen-bond acceptors (Lipinski definition) is 5. The number of fused-ring (bicyclic) bond motifs is 6. The van der Waals surface area contributed by atoms with Gasteiger partial charge in [0.05, 0.1) is 90.6 Å². The second kappa shape index (κ2) is 22.2. The Morgan fingerprint density at radius 2 is 0.522 bits per heavy atom. The molecule has 0 aliphatic rings. The van der Waals surface area contributed by atoms with Crippen molar-refractivity contribution in [3.63, 3.8) is 0 Å². The monoisotopic (exact) mass is 1160 g/mol. The van der Waals surface area contributed by atoms with Crippen LogP contribution in [0.2, 0.25) is 0 Å². The molecular weight excluding hydrogens is 1110 g/mol. The Labute approximate surface area is 517 Å². The summed E-state index contributed by atoms with van der Waals surface area (Å²) in [6.07, 6.45) is 0. The molecule has 0 aliphatic heterocycles. The molecule has 6 heterocycles. The first kappa shape index (κ1) is 53.2. The fraction of sp³-hybridized carbons (Fsp3) is 0. The largest absolute Gasteiger partial charge is 0.308 e. The third kappa shape index (κ3) is 9.62. The van der Waals surface area contributed by atoms with Crippen LogP contribution in [0.3, 0.4) is 0 Å². The number of aromatic nitrogens is 6. The molecule has 7 nitrogen and oxygen atoms in total. The highest BCUT2D eigenvalue weighted by atomic mass is 19.1. The van der Waals surface area contributed by atoms with E-state index >= 15 is 8.78 Å². The van der Waals surface area contributed by atoms with E-state index in [2.05, 4.69) is 137 Å². The van der Waals surface area contributed by atoms with Crippen LogP contribution in [0.1, 0.15) is 5.56 Å². The van der Waals surface area contributed by atoms with Gasteiger partial charge in [-0.15, -0.1) is 0 Å². The Hall–Kier alpha value is -12.3. The zero-order chi connectivity index (χ0) is 60.2. The lowest BCUT2D eigenvalue weighted by molar-refractivity contribution is 0.584. The zero-order valence-corrected chi connectivity index (χ0v) is 48.2. The minimum absolute atomic E-state index is 0.279. The van der Waals surface area contributed by atoms with Crippen molar-refractivity contribution in [2.24, 2.45) is 0 Å². The quantitative estimate of drug-likeness (QED) is 0.129. The molecule has 0 spiro atoms. The van der Waals surface area contributed by atoms with E-state index in [0.717, 1.165) is 140 Å². The molecule has 0 radical (unpaired) electrons. The molecule has 10 aromatic carbocycles. The molecule has 0 fully saturated rings. The number of nitriles is 1. The Morgan fingerprint density at radius 1 is 0.256 bits per heavy atom. The van der Waals surface area contributed by atoms with Gasteiger partial charge in [-0.1, -0.05) is 170 Å². The van der Waals surface area contributed by atoms with E-state index in [4.69, 9.17) is 19.9 Å². The maximum absolute atomic E-state index is 16.3. The molecule has 90 heavy (non-hydrogen) atoms.